The molecule has 0 amide bonds. The van der Waals surface area contributed by atoms with Crippen molar-refractivity contribution in [3.63, 3.8) is 0 Å². The van der Waals surface area contributed by atoms with Crippen molar-refractivity contribution >= 4 is 5.97 Å². The molecule has 58 valence electrons. The Balaban J connectivity index is 4.13. The Labute approximate surface area is 65.6 Å². The molecule has 0 saturated carbocycles. The molecule has 3 heteroatoms. The van der Waals surface area contributed by atoms with Gasteiger partial charge in [-0.3, -0.25) is 0 Å². The van der Waals surface area contributed by atoms with Crippen molar-refractivity contribution in [2.75, 3.05) is 7.11 Å². The first-order valence-electron chi connectivity index (χ1n) is 3.03. The summed E-state index contributed by atoms with van der Waals surface area (Å²) >= 11 is 0. The van der Waals surface area contributed by atoms with Gasteiger partial charge in [0, 0.05) is 12.2 Å². The van der Waals surface area contributed by atoms with Gasteiger partial charge in [0.2, 0.25) is 0 Å². The van der Waals surface area contributed by atoms with Gasteiger partial charge >= 0.3 is 5.97 Å². The minimum absolute atomic E-state index is 0.412. The van der Waals surface area contributed by atoms with Crippen molar-refractivity contribution < 1.29 is 9.53 Å². The van der Waals surface area contributed by atoms with Crippen LogP contribution in [0.5, 0.6) is 0 Å². The SMILES string of the molecule is COC(=O)C=C(C)C=CC#N. The number of nitrogens with zero attached hydrogens (tertiary/aromatic N) is 1. The zero-order valence-corrected chi connectivity index (χ0v) is 6.50. The highest BCUT2D eigenvalue weighted by Gasteiger charge is 1.91. The van der Waals surface area contributed by atoms with Crippen molar-refractivity contribution in [2.24, 2.45) is 0 Å². The summed E-state index contributed by atoms with van der Waals surface area (Å²) in [4.78, 5) is 10.6. The van der Waals surface area contributed by atoms with Crippen LogP contribution in [0.3, 0.4) is 0 Å². The standard InChI is InChI=1S/C8H9NO2/c1-7(4-3-5-9)6-8(10)11-2/h3-4,6H,1-2H3. The van der Waals surface area contributed by atoms with E-state index in [0.29, 0.717) is 5.57 Å². The van der Waals surface area contributed by atoms with Crippen molar-refractivity contribution in [1.29, 1.82) is 5.26 Å². The second-order valence-electron chi connectivity index (χ2n) is 1.87. The molecule has 0 radical (unpaired) electrons. The molecule has 3 nitrogen and oxygen atoms in total. The Morgan fingerprint density at radius 2 is 2.27 bits per heavy atom. The number of esters is 1. The van der Waals surface area contributed by atoms with Gasteiger partial charge in [-0.25, -0.2) is 4.79 Å². The number of rotatable bonds is 2. The van der Waals surface area contributed by atoms with Crippen molar-refractivity contribution in [2.45, 2.75) is 6.92 Å². The van der Waals surface area contributed by atoms with E-state index in [1.807, 2.05) is 6.07 Å². The van der Waals surface area contributed by atoms with Crippen molar-refractivity contribution in [3.05, 3.63) is 23.8 Å². The molecule has 0 heterocycles. The van der Waals surface area contributed by atoms with Gasteiger partial charge in [-0.15, -0.1) is 0 Å². The van der Waals surface area contributed by atoms with Crippen LogP contribution in [0.2, 0.25) is 0 Å². The summed E-state index contributed by atoms with van der Waals surface area (Å²) in [6.07, 6.45) is 4.15. The number of allylic oxidation sites excluding steroid dienone is 3. The normalized spacial score (nSPS) is 11.2. The fraction of sp³-hybridized carbons (Fsp3) is 0.250. The van der Waals surface area contributed by atoms with E-state index < -0.39 is 5.97 Å². The van der Waals surface area contributed by atoms with E-state index in [1.165, 1.54) is 25.3 Å². The predicted molar refractivity (Wildman–Crippen MR) is 40.5 cm³/mol. The monoisotopic (exact) mass is 151 g/mol. The first kappa shape index (κ1) is 9.44. The molecule has 0 unspecified atom stereocenters. The lowest BCUT2D eigenvalue weighted by atomic mass is 10.2. The van der Waals surface area contributed by atoms with Crippen LogP contribution < -0.4 is 0 Å². The number of ether oxygens (including phenoxy) is 1. The van der Waals surface area contributed by atoms with Crippen LogP contribution in [0.1, 0.15) is 6.92 Å². The Morgan fingerprint density at radius 1 is 1.64 bits per heavy atom. The second-order valence-corrected chi connectivity index (χ2v) is 1.87. The minimum Gasteiger partial charge on any atom is -0.466 e. The zero-order valence-electron chi connectivity index (χ0n) is 6.50. The maximum Gasteiger partial charge on any atom is 0.330 e. The lowest BCUT2D eigenvalue weighted by Crippen LogP contribution is -1.94. The summed E-state index contributed by atoms with van der Waals surface area (Å²) in [6, 6.07) is 1.82. The summed E-state index contributed by atoms with van der Waals surface area (Å²) in [7, 11) is 1.31. The molecule has 0 aromatic carbocycles. The van der Waals surface area contributed by atoms with Gasteiger partial charge in [-0.05, 0) is 18.6 Å². The fourth-order valence-electron chi connectivity index (χ4n) is 0.462. The number of hydrogen-bond acceptors (Lipinski definition) is 3. The maximum atomic E-state index is 10.6. The van der Waals surface area contributed by atoms with Crippen molar-refractivity contribution in [3.8, 4) is 6.07 Å². The third-order valence-corrected chi connectivity index (χ3v) is 0.967. The quantitative estimate of drug-likeness (QED) is 0.258. The maximum absolute atomic E-state index is 10.6. The van der Waals surface area contributed by atoms with Crippen LogP contribution in [0, 0.1) is 11.3 Å². The highest BCUT2D eigenvalue weighted by atomic mass is 16.5. The Hall–Kier alpha value is -1.56. The molecular weight excluding hydrogens is 142 g/mol. The van der Waals surface area contributed by atoms with Crippen LogP contribution in [0.25, 0.3) is 0 Å². The molecule has 0 fully saturated rings. The summed E-state index contributed by atoms with van der Waals surface area (Å²) < 4.78 is 4.37. The van der Waals surface area contributed by atoms with Gasteiger partial charge in [0.05, 0.1) is 13.2 Å². The summed E-state index contributed by atoms with van der Waals surface area (Å²) in [5.41, 5.74) is 0.693. The summed E-state index contributed by atoms with van der Waals surface area (Å²) in [5, 5.41) is 8.13. The average Bonchev–Trinajstić information content (AvgIpc) is 2.00. The smallest absolute Gasteiger partial charge is 0.330 e. The highest BCUT2D eigenvalue weighted by Crippen LogP contribution is 1.94. The Kier molecular flexibility index (Phi) is 4.50. The first-order valence-corrected chi connectivity index (χ1v) is 3.03. The number of carbonyl (C=O) groups excluding carboxylic acids is 1. The first-order chi connectivity index (χ1) is 5.20. The second kappa shape index (κ2) is 5.24. The lowest BCUT2D eigenvalue weighted by Gasteiger charge is -1.90. The molecule has 0 atom stereocenters. The predicted octanol–water partition coefficient (Wildman–Crippen LogP) is 1.19. The molecule has 0 aliphatic heterocycles. The Bertz CT molecular complexity index is 233. The molecule has 11 heavy (non-hydrogen) atoms. The van der Waals surface area contributed by atoms with Gasteiger partial charge in [0.1, 0.15) is 0 Å². The highest BCUT2D eigenvalue weighted by molar-refractivity contribution is 5.83. The van der Waals surface area contributed by atoms with Gasteiger partial charge in [0.25, 0.3) is 0 Å². The molecule has 0 aliphatic rings. The zero-order chi connectivity index (χ0) is 8.69. The van der Waals surface area contributed by atoms with Crippen LogP contribution >= 0.6 is 0 Å². The van der Waals surface area contributed by atoms with Gasteiger partial charge in [0.15, 0.2) is 0 Å². The molecule has 0 saturated heterocycles. The Morgan fingerprint density at radius 3 is 2.73 bits per heavy atom. The van der Waals surface area contributed by atoms with E-state index in [9.17, 15) is 4.79 Å². The molecule has 0 bridgehead atoms. The molecular formula is C8H9NO2. The topological polar surface area (TPSA) is 50.1 Å². The number of carbonyl (C=O) groups is 1. The van der Waals surface area contributed by atoms with Gasteiger partial charge in [-0.1, -0.05) is 0 Å². The molecule has 0 rings (SSSR count). The van der Waals surface area contributed by atoms with E-state index in [-0.39, 0.29) is 0 Å². The fourth-order valence-corrected chi connectivity index (χ4v) is 0.462. The summed E-state index contributed by atoms with van der Waals surface area (Å²) in [5.74, 6) is -0.412. The van der Waals surface area contributed by atoms with Crippen LogP contribution in [0.4, 0.5) is 0 Å². The van der Waals surface area contributed by atoms with E-state index in [4.69, 9.17) is 5.26 Å². The van der Waals surface area contributed by atoms with E-state index >= 15 is 0 Å². The lowest BCUT2D eigenvalue weighted by molar-refractivity contribution is -0.134. The van der Waals surface area contributed by atoms with Crippen LogP contribution in [0.15, 0.2) is 23.8 Å². The van der Waals surface area contributed by atoms with E-state index in [2.05, 4.69) is 4.74 Å². The third-order valence-electron chi connectivity index (χ3n) is 0.967. The molecule has 0 N–H and O–H groups in total. The molecule has 0 spiro atoms. The minimum atomic E-state index is -0.412. The third kappa shape index (κ3) is 4.91. The van der Waals surface area contributed by atoms with E-state index in [0.717, 1.165) is 0 Å². The number of nitriles is 1. The van der Waals surface area contributed by atoms with Crippen LogP contribution in [-0.4, -0.2) is 13.1 Å². The van der Waals surface area contributed by atoms with Crippen LogP contribution in [-0.2, 0) is 9.53 Å². The van der Waals surface area contributed by atoms with Gasteiger partial charge < -0.3 is 4.74 Å². The molecule has 0 aromatic rings. The van der Waals surface area contributed by atoms with Crippen molar-refractivity contribution in [1.82, 2.24) is 0 Å². The molecule has 0 aliphatic carbocycles. The largest absolute Gasteiger partial charge is 0.466 e. The molecule has 0 aromatic heterocycles. The number of methoxy groups -OCH3 is 1. The average molecular weight is 151 g/mol. The summed E-state index contributed by atoms with van der Waals surface area (Å²) in [6.45, 7) is 1.71. The number of hydrogen-bond donors (Lipinski definition) is 0. The van der Waals surface area contributed by atoms with E-state index in [1.54, 1.807) is 6.92 Å². The van der Waals surface area contributed by atoms with Gasteiger partial charge in [-0.2, -0.15) is 5.26 Å².